The van der Waals surface area contributed by atoms with E-state index in [0.717, 1.165) is 5.56 Å². The van der Waals surface area contributed by atoms with Gasteiger partial charge in [0.25, 0.3) is 0 Å². The second kappa shape index (κ2) is 7.77. The number of aromatic carboxylic acids is 1. The summed E-state index contributed by atoms with van der Waals surface area (Å²) >= 11 is 0. The lowest BCUT2D eigenvalue weighted by atomic mass is 10.2. The number of nitrogens with one attached hydrogen (secondary N) is 1. The van der Waals surface area contributed by atoms with Crippen molar-refractivity contribution in [2.75, 3.05) is 5.32 Å². The van der Waals surface area contributed by atoms with E-state index in [1.54, 1.807) is 0 Å². The fourth-order valence-corrected chi connectivity index (χ4v) is 1.90. The zero-order valence-electron chi connectivity index (χ0n) is 12.8. The summed E-state index contributed by atoms with van der Waals surface area (Å²) < 4.78 is 9.85. The molecule has 0 atom stereocenters. The summed E-state index contributed by atoms with van der Waals surface area (Å²) in [6, 6.07) is 13.0. The Hall–Kier alpha value is -3.35. The zero-order chi connectivity index (χ0) is 17.5. The number of rotatable bonds is 5. The van der Waals surface area contributed by atoms with Crippen LogP contribution in [-0.4, -0.2) is 23.1 Å². The third-order valence-electron chi connectivity index (χ3n) is 2.92. The Balaban J connectivity index is 2.03. The first-order valence-electron chi connectivity index (χ1n) is 6.99. The smallest absolute Gasteiger partial charge is 0.411 e. The van der Waals surface area contributed by atoms with Gasteiger partial charge in [-0.2, -0.15) is 0 Å². The maximum atomic E-state index is 11.8. The van der Waals surface area contributed by atoms with Gasteiger partial charge in [-0.05, 0) is 23.8 Å². The third kappa shape index (κ3) is 4.84. The Kier molecular flexibility index (Phi) is 5.51. The number of anilines is 1. The van der Waals surface area contributed by atoms with E-state index in [-0.39, 0.29) is 23.6 Å². The molecule has 0 radical (unpaired) electrons. The Morgan fingerprint density at radius 2 is 1.79 bits per heavy atom. The summed E-state index contributed by atoms with van der Waals surface area (Å²) in [5.41, 5.74) is 0.788. The van der Waals surface area contributed by atoms with Gasteiger partial charge in [-0.15, -0.1) is 0 Å². The van der Waals surface area contributed by atoms with Gasteiger partial charge >= 0.3 is 18.0 Å². The third-order valence-corrected chi connectivity index (χ3v) is 2.92. The summed E-state index contributed by atoms with van der Waals surface area (Å²) in [6.45, 7) is 1.25. The van der Waals surface area contributed by atoms with Crippen molar-refractivity contribution in [3.8, 4) is 5.75 Å². The molecule has 0 unspecified atom stereocenters. The number of amides is 1. The van der Waals surface area contributed by atoms with Gasteiger partial charge < -0.3 is 14.6 Å². The van der Waals surface area contributed by atoms with Crippen LogP contribution < -0.4 is 10.1 Å². The summed E-state index contributed by atoms with van der Waals surface area (Å²) in [6.07, 6.45) is -0.726. The van der Waals surface area contributed by atoms with Crippen molar-refractivity contribution in [3.63, 3.8) is 0 Å². The SMILES string of the molecule is CC(=O)Oc1ccc(NC(=O)OCc2ccccc2)cc1C(=O)O. The standard InChI is InChI=1S/C17H15NO6/c1-11(19)24-15-8-7-13(9-14(15)16(20)21)18-17(22)23-10-12-5-3-2-4-6-12/h2-9H,10H2,1H3,(H,18,22)(H,20,21). The molecule has 2 rings (SSSR count). The molecule has 124 valence electrons. The predicted octanol–water partition coefficient (Wildman–Crippen LogP) is 3.06. The summed E-state index contributed by atoms with van der Waals surface area (Å²) in [5, 5.41) is 11.6. The van der Waals surface area contributed by atoms with E-state index in [2.05, 4.69) is 5.32 Å². The molecule has 0 aliphatic carbocycles. The number of esters is 1. The first kappa shape index (κ1) is 17.0. The topological polar surface area (TPSA) is 102 Å². The molecule has 7 nitrogen and oxygen atoms in total. The zero-order valence-corrected chi connectivity index (χ0v) is 12.8. The van der Waals surface area contributed by atoms with Gasteiger partial charge in [0.2, 0.25) is 0 Å². The van der Waals surface area contributed by atoms with Crippen LogP contribution >= 0.6 is 0 Å². The van der Waals surface area contributed by atoms with Crippen molar-refractivity contribution in [2.24, 2.45) is 0 Å². The molecule has 2 aromatic carbocycles. The summed E-state index contributed by atoms with van der Waals surface area (Å²) in [7, 11) is 0. The van der Waals surface area contributed by atoms with Gasteiger partial charge in [0.1, 0.15) is 17.9 Å². The highest BCUT2D eigenvalue weighted by Crippen LogP contribution is 2.23. The number of benzene rings is 2. The van der Waals surface area contributed by atoms with Crippen molar-refractivity contribution in [1.82, 2.24) is 0 Å². The molecule has 0 heterocycles. The lowest BCUT2D eigenvalue weighted by Crippen LogP contribution is -2.14. The van der Waals surface area contributed by atoms with Crippen LogP contribution in [0.3, 0.4) is 0 Å². The number of hydrogen-bond donors (Lipinski definition) is 2. The molecule has 24 heavy (non-hydrogen) atoms. The number of ether oxygens (including phenoxy) is 2. The van der Waals surface area contributed by atoms with Crippen LogP contribution in [0.4, 0.5) is 10.5 Å². The van der Waals surface area contributed by atoms with E-state index in [9.17, 15) is 14.4 Å². The van der Waals surface area contributed by atoms with Gasteiger partial charge in [0.15, 0.2) is 0 Å². The van der Waals surface area contributed by atoms with Gasteiger partial charge in [-0.3, -0.25) is 10.1 Å². The molecule has 0 aliphatic rings. The van der Waals surface area contributed by atoms with E-state index in [1.165, 1.54) is 25.1 Å². The highest BCUT2D eigenvalue weighted by molar-refractivity contribution is 5.94. The number of carbonyl (C=O) groups excluding carboxylic acids is 2. The van der Waals surface area contributed by atoms with Crippen molar-refractivity contribution in [1.29, 1.82) is 0 Å². The van der Waals surface area contributed by atoms with Crippen molar-refractivity contribution in [2.45, 2.75) is 13.5 Å². The van der Waals surface area contributed by atoms with Crippen LogP contribution in [0.2, 0.25) is 0 Å². The first-order valence-corrected chi connectivity index (χ1v) is 6.99. The van der Waals surface area contributed by atoms with Crippen LogP contribution in [0.25, 0.3) is 0 Å². The second-order valence-corrected chi connectivity index (χ2v) is 4.80. The van der Waals surface area contributed by atoms with Crippen LogP contribution in [0, 0.1) is 0 Å². The molecule has 0 saturated heterocycles. The lowest BCUT2D eigenvalue weighted by molar-refractivity contribution is -0.131. The molecular formula is C17H15NO6. The van der Waals surface area contributed by atoms with Crippen molar-refractivity contribution >= 4 is 23.7 Å². The maximum absolute atomic E-state index is 11.8. The summed E-state index contributed by atoms with van der Waals surface area (Å²) in [4.78, 5) is 33.9. The molecule has 0 saturated carbocycles. The van der Waals surface area contributed by atoms with Crippen LogP contribution in [-0.2, 0) is 16.1 Å². The first-order chi connectivity index (χ1) is 11.5. The molecule has 1 amide bonds. The van der Waals surface area contributed by atoms with E-state index in [1.807, 2.05) is 30.3 Å². The average molecular weight is 329 g/mol. The molecule has 0 aliphatic heterocycles. The van der Waals surface area contributed by atoms with Crippen LogP contribution in [0.15, 0.2) is 48.5 Å². The van der Waals surface area contributed by atoms with Gasteiger partial charge in [-0.1, -0.05) is 30.3 Å². The molecule has 2 N–H and O–H groups in total. The van der Waals surface area contributed by atoms with E-state index < -0.39 is 18.0 Å². The molecule has 0 fully saturated rings. The fourth-order valence-electron chi connectivity index (χ4n) is 1.90. The normalized spacial score (nSPS) is 9.88. The number of carbonyl (C=O) groups is 3. The highest BCUT2D eigenvalue weighted by atomic mass is 16.5. The minimum absolute atomic E-state index is 0.0873. The van der Waals surface area contributed by atoms with Crippen LogP contribution in [0.1, 0.15) is 22.8 Å². The average Bonchev–Trinajstić information content (AvgIpc) is 2.54. The van der Waals surface area contributed by atoms with Crippen molar-refractivity contribution < 1.29 is 29.0 Å². The van der Waals surface area contributed by atoms with E-state index in [4.69, 9.17) is 14.6 Å². The van der Waals surface area contributed by atoms with Crippen molar-refractivity contribution in [3.05, 3.63) is 59.7 Å². The molecule has 2 aromatic rings. The lowest BCUT2D eigenvalue weighted by Gasteiger charge is -2.10. The Morgan fingerprint density at radius 1 is 1.08 bits per heavy atom. The second-order valence-electron chi connectivity index (χ2n) is 4.80. The quantitative estimate of drug-likeness (QED) is 0.645. The highest BCUT2D eigenvalue weighted by Gasteiger charge is 2.15. The van der Waals surface area contributed by atoms with Crippen LogP contribution in [0.5, 0.6) is 5.75 Å². The maximum Gasteiger partial charge on any atom is 0.411 e. The monoisotopic (exact) mass is 329 g/mol. The number of hydrogen-bond acceptors (Lipinski definition) is 5. The molecule has 0 bridgehead atoms. The minimum atomic E-state index is -1.28. The molecule has 7 heteroatoms. The predicted molar refractivity (Wildman–Crippen MR) is 85.0 cm³/mol. The Labute approximate surface area is 137 Å². The number of carboxylic acid groups (broad SMARTS) is 1. The molecule has 0 spiro atoms. The Bertz CT molecular complexity index is 757. The molecule has 0 aromatic heterocycles. The van der Waals surface area contributed by atoms with Gasteiger partial charge in [0.05, 0.1) is 0 Å². The fraction of sp³-hybridized carbons (Fsp3) is 0.118. The van der Waals surface area contributed by atoms with Gasteiger partial charge in [-0.25, -0.2) is 9.59 Å². The number of carboxylic acids is 1. The Morgan fingerprint density at radius 3 is 2.42 bits per heavy atom. The van der Waals surface area contributed by atoms with E-state index >= 15 is 0 Å². The van der Waals surface area contributed by atoms with Gasteiger partial charge in [0, 0.05) is 12.6 Å². The minimum Gasteiger partial charge on any atom is -0.478 e. The largest absolute Gasteiger partial charge is 0.478 e. The van der Waals surface area contributed by atoms with E-state index in [0.29, 0.717) is 0 Å². The summed E-state index contributed by atoms with van der Waals surface area (Å²) in [5.74, 6) is -2.02. The molecular weight excluding hydrogens is 314 g/mol.